The molecule has 1 aromatic carbocycles. The highest BCUT2D eigenvalue weighted by Crippen LogP contribution is 2.21. The topological polar surface area (TPSA) is 62.4 Å². The zero-order valence-electron chi connectivity index (χ0n) is 11.6. The van der Waals surface area contributed by atoms with Crippen molar-refractivity contribution in [1.29, 1.82) is 0 Å². The van der Waals surface area contributed by atoms with Crippen LogP contribution in [0.4, 0.5) is 0 Å². The van der Waals surface area contributed by atoms with Gasteiger partial charge in [0.1, 0.15) is 0 Å². The number of aromatic nitrogens is 2. The highest BCUT2D eigenvalue weighted by Gasteiger charge is 2.31. The van der Waals surface area contributed by atoms with E-state index in [-0.39, 0.29) is 0 Å². The van der Waals surface area contributed by atoms with E-state index in [9.17, 15) is 5.11 Å². The Morgan fingerprint density at radius 1 is 1.35 bits per heavy atom. The van der Waals surface area contributed by atoms with Crippen molar-refractivity contribution in [2.45, 2.75) is 31.9 Å². The number of nitrogens with zero attached hydrogens (tertiary/aromatic N) is 3. The molecule has 1 aliphatic heterocycles. The predicted molar refractivity (Wildman–Crippen MR) is 74.1 cm³/mol. The Balaban J connectivity index is 1.60. The lowest BCUT2D eigenvalue weighted by Gasteiger charge is -2.16. The molecule has 2 aromatic rings. The maximum atomic E-state index is 9.93. The molecular formula is C15H19N3O2. The molecule has 0 saturated carbocycles. The van der Waals surface area contributed by atoms with E-state index in [1.54, 1.807) is 0 Å². The zero-order valence-corrected chi connectivity index (χ0v) is 11.6. The fourth-order valence-electron chi connectivity index (χ4n) is 2.57. The van der Waals surface area contributed by atoms with Gasteiger partial charge in [-0.1, -0.05) is 35.5 Å². The molecular weight excluding hydrogens is 254 g/mol. The van der Waals surface area contributed by atoms with Crippen molar-refractivity contribution in [1.82, 2.24) is 15.0 Å². The predicted octanol–water partition coefficient (Wildman–Crippen LogP) is 1.62. The van der Waals surface area contributed by atoms with Gasteiger partial charge in [0.2, 0.25) is 5.89 Å². The molecule has 1 aromatic heterocycles. The van der Waals surface area contributed by atoms with Gasteiger partial charge in [-0.15, -0.1) is 0 Å². The Hall–Kier alpha value is -1.72. The Morgan fingerprint density at radius 3 is 2.85 bits per heavy atom. The normalized spacial score (nSPS) is 23.3. The van der Waals surface area contributed by atoms with Gasteiger partial charge in [0.15, 0.2) is 5.82 Å². The van der Waals surface area contributed by atoms with Crippen molar-refractivity contribution < 1.29 is 9.63 Å². The van der Waals surface area contributed by atoms with Gasteiger partial charge >= 0.3 is 0 Å². The van der Waals surface area contributed by atoms with Crippen LogP contribution in [0.3, 0.4) is 0 Å². The second-order valence-electron chi connectivity index (χ2n) is 5.72. The van der Waals surface area contributed by atoms with Gasteiger partial charge in [-0.25, -0.2) is 0 Å². The molecule has 0 aliphatic carbocycles. The Bertz CT molecular complexity index is 566. The van der Waals surface area contributed by atoms with Crippen LogP contribution in [0.2, 0.25) is 0 Å². The van der Waals surface area contributed by atoms with Crippen LogP contribution in [0.15, 0.2) is 34.9 Å². The molecule has 0 spiro atoms. The lowest BCUT2D eigenvalue weighted by molar-refractivity contribution is 0.0665. The quantitative estimate of drug-likeness (QED) is 0.917. The SMILES string of the molecule is CC1(O)CCN(Cc2nc(Cc3ccccc3)no2)C1. The highest BCUT2D eigenvalue weighted by atomic mass is 16.5. The average Bonchev–Trinajstić information content (AvgIpc) is 2.98. The first-order chi connectivity index (χ1) is 9.61. The van der Waals surface area contributed by atoms with Crippen molar-refractivity contribution in [3.8, 4) is 0 Å². The highest BCUT2D eigenvalue weighted by molar-refractivity contribution is 5.18. The van der Waals surface area contributed by atoms with Crippen LogP contribution in [0.25, 0.3) is 0 Å². The molecule has 3 rings (SSSR count). The number of β-amino-alcohol motifs (C(OH)–C–C–N with tert-alkyl or cyclic N) is 1. The lowest BCUT2D eigenvalue weighted by atomic mass is 10.1. The summed E-state index contributed by atoms with van der Waals surface area (Å²) in [5.41, 5.74) is 0.580. The van der Waals surface area contributed by atoms with Gasteiger partial charge in [0.05, 0.1) is 12.1 Å². The molecule has 0 bridgehead atoms. The van der Waals surface area contributed by atoms with Crippen LogP contribution in [-0.4, -0.2) is 38.8 Å². The molecule has 1 atom stereocenters. The van der Waals surface area contributed by atoms with E-state index in [4.69, 9.17) is 4.52 Å². The van der Waals surface area contributed by atoms with Gasteiger partial charge in [-0.05, 0) is 18.9 Å². The van der Waals surface area contributed by atoms with Gasteiger partial charge in [0.25, 0.3) is 0 Å². The molecule has 106 valence electrons. The summed E-state index contributed by atoms with van der Waals surface area (Å²) in [4.78, 5) is 6.55. The monoisotopic (exact) mass is 273 g/mol. The Kier molecular flexibility index (Phi) is 3.54. The van der Waals surface area contributed by atoms with Crippen LogP contribution in [0, 0.1) is 0 Å². The molecule has 1 fully saturated rings. The second-order valence-corrected chi connectivity index (χ2v) is 5.72. The van der Waals surface area contributed by atoms with Gasteiger partial charge in [-0.2, -0.15) is 4.98 Å². The summed E-state index contributed by atoms with van der Waals surface area (Å²) in [5, 5.41) is 13.9. The number of hydrogen-bond acceptors (Lipinski definition) is 5. The number of likely N-dealkylation sites (tertiary alicyclic amines) is 1. The molecule has 1 saturated heterocycles. The van der Waals surface area contributed by atoms with Crippen molar-refractivity contribution >= 4 is 0 Å². The van der Waals surface area contributed by atoms with Crippen LogP contribution in [0.1, 0.15) is 30.6 Å². The molecule has 5 heteroatoms. The van der Waals surface area contributed by atoms with E-state index in [2.05, 4.69) is 15.0 Å². The van der Waals surface area contributed by atoms with E-state index in [1.165, 1.54) is 5.56 Å². The fourth-order valence-corrected chi connectivity index (χ4v) is 2.57. The van der Waals surface area contributed by atoms with Crippen molar-refractivity contribution in [3.05, 3.63) is 47.6 Å². The molecule has 5 nitrogen and oxygen atoms in total. The van der Waals surface area contributed by atoms with Crippen LogP contribution < -0.4 is 0 Å². The number of benzene rings is 1. The summed E-state index contributed by atoms with van der Waals surface area (Å²) in [6.45, 7) is 3.99. The molecule has 20 heavy (non-hydrogen) atoms. The van der Waals surface area contributed by atoms with E-state index < -0.39 is 5.60 Å². The second kappa shape index (κ2) is 5.34. The lowest BCUT2D eigenvalue weighted by Crippen LogP contribution is -2.29. The van der Waals surface area contributed by atoms with Crippen molar-refractivity contribution in [3.63, 3.8) is 0 Å². The molecule has 1 aliphatic rings. The number of rotatable bonds is 4. The van der Waals surface area contributed by atoms with Gasteiger partial charge in [-0.3, -0.25) is 4.90 Å². The first kappa shape index (κ1) is 13.3. The minimum atomic E-state index is -0.590. The van der Waals surface area contributed by atoms with Crippen molar-refractivity contribution in [2.24, 2.45) is 0 Å². The Morgan fingerprint density at radius 2 is 2.15 bits per heavy atom. The molecule has 0 amide bonds. The number of aliphatic hydroxyl groups is 1. The van der Waals surface area contributed by atoms with Crippen LogP contribution in [-0.2, 0) is 13.0 Å². The van der Waals surface area contributed by atoms with E-state index in [0.717, 1.165) is 13.0 Å². The van der Waals surface area contributed by atoms with E-state index in [0.29, 0.717) is 31.2 Å². The van der Waals surface area contributed by atoms with Gasteiger partial charge < -0.3 is 9.63 Å². The van der Waals surface area contributed by atoms with Gasteiger partial charge in [0, 0.05) is 19.5 Å². The smallest absolute Gasteiger partial charge is 0.240 e. The third kappa shape index (κ3) is 3.23. The third-order valence-corrected chi connectivity index (χ3v) is 3.60. The summed E-state index contributed by atoms with van der Waals surface area (Å²) in [5.74, 6) is 1.32. The summed E-state index contributed by atoms with van der Waals surface area (Å²) in [6.07, 6.45) is 1.47. The summed E-state index contributed by atoms with van der Waals surface area (Å²) in [6, 6.07) is 10.1. The molecule has 1 unspecified atom stereocenters. The molecule has 1 N–H and O–H groups in total. The van der Waals surface area contributed by atoms with Crippen LogP contribution >= 0.6 is 0 Å². The Labute approximate surface area is 118 Å². The first-order valence-corrected chi connectivity index (χ1v) is 6.91. The minimum absolute atomic E-state index is 0.590. The van der Waals surface area contributed by atoms with Crippen LogP contribution in [0.5, 0.6) is 0 Å². The zero-order chi connectivity index (χ0) is 14.0. The maximum absolute atomic E-state index is 9.93. The van der Waals surface area contributed by atoms with E-state index >= 15 is 0 Å². The molecule has 2 heterocycles. The van der Waals surface area contributed by atoms with Crippen molar-refractivity contribution in [2.75, 3.05) is 13.1 Å². The summed E-state index contributed by atoms with van der Waals surface area (Å²) >= 11 is 0. The summed E-state index contributed by atoms with van der Waals surface area (Å²) < 4.78 is 5.28. The third-order valence-electron chi connectivity index (χ3n) is 3.60. The minimum Gasteiger partial charge on any atom is -0.389 e. The number of hydrogen-bond donors (Lipinski definition) is 1. The maximum Gasteiger partial charge on any atom is 0.240 e. The largest absolute Gasteiger partial charge is 0.389 e. The fraction of sp³-hybridized carbons (Fsp3) is 0.467. The summed E-state index contributed by atoms with van der Waals surface area (Å²) in [7, 11) is 0. The average molecular weight is 273 g/mol. The van der Waals surface area contributed by atoms with E-state index in [1.807, 2.05) is 37.3 Å². The molecule has 0 radical (unpaired) electrons. The standard InChI is InChI=1S/C15H19N3O2/c1-15(19)7-8-18(11-15)10-14-16-13(17-20-14)9-12-5-3-2-4-6-12/h2-6,19H,7-11H2,1H3. The first-order valence-electron chi connectivity index (χ1n) is 6.91.